The number of ether oxygens (including phenoxy) is 1. The Morgan fingerprint density at radius 3 is 2.22 bits per heavy atom. The molecule has 0 saturated carbocycles. The lowest BCUT2D eigenvalue weighted by atomic mass is 10.1. The molecule has 3 nitrogen and oxygen atoms in total. The van der Waals surface area contributed by atoms with Crippen LogP contribution in [-0.2, 0) is 35.7 Å². The first-order chi connectivity index (χ1) is 13.2. The molecule has 1 amide bonds. The Bertz CT molecular complexity index is 863. The minimum Gasteiger partial charge on any atom is -0.372 e. The van der Waals surface area contributed by atoms with E-state index >= 15 is 0 Å². The quantitative estimate of drug-likeness (QED) is 0.603. The number of halogens is 1. The number of rotatable bonds is 8. The topological polar surface area (TPSA) is 38.3 Å². The number of benzene rings is 3. The molecule has 0 aromatic heterocycles. The minimum absolute atomic E-state index is 0.0111. The molecule has 0 aliphatic carbocycles. The van der Waals surface area contributed by atoms with Crippen molar-refractivity contribution in [1.82, 2.24) is 5.32 Å². The molecule has 1 N–H and O–H groups in total. The Balaban J connectivity index is 1.45. The fourth-order valence-electron chi connectivity index (χ4n) is 2.74. The fraction of sp³-hybridized carbons (Fsp3) is 0.174. The number of amides is 1. The molecule has 0 fully saturated rings. The minimum atomic E-state index is -0.0111. The van der Waals surface area contributed by atoms with Crippen LogP contribution < -0.4 is 5.32 Å². The number of carbonyl (C=O) groups is 1. The SMILES string of the molecule is O=C(Cc1ccc(Cl)cc1)NCc1cccc(COCc2ccccc2)c1. The number of carbonyl (C=O) groups excluding carboxylic acids is 1. The molecule has 3 rings (SSSR count). The first kappa shape index (κ1) is 19.2. The monoisotopic (exact) mass is 379 g/mol. The first-order valence-corrected chi connectivity index (χ1v) is 9.27. The summed E-state index contributed by atoms with van der Waals surface area (Å²) in [7, 11) is 0. The van der Waals surface area contributed by atoms with E-state index in [9.17, 15) is 4.79 Å². The Labute approximate surface area is 164 Å². The second-order valence-electron chi connectivity index (χ2n) is 6.38. The first-order valence-electron chi connectivity index (χ1n) is 8.90. The van der Waals surface area contributed by atoms with E-state index in [1.165, 1.54) is 0 Å². The average molecular weight is 380 g/mol. The molecule has 0 aliphatic rings. The molecule has 0 bridgehead atoms. The van der Waals surface area contributed by atoms with Crippen LogP contribution in [0.2, 0.25) is 5.02 Å². The number of hydrogen-bond acceptors (Lipinski definition) is 2. The van der Waals surface area contributed by atoms with Gasteiger partial charge in [0.05, 0.1) is 19.6 Å². The van der Waals surface area contributed by atoms with Crippen molar-refractivity contribution < 1.29 is 9.53 Å². The molecule has 0 unspecified atom stereocenters. The van der Waals surface area contributed by atoms with Crippen molar-refractivity contribution in [2.24, 2.45) is 0 Å². The summed E-state index contributed by atoms with van der Waals surface area (Å²) in [6, 6.07) is 25.5. The zero-order valence-electron chi connectivity index (χ0n) is 15.0. The summed E-state index contributed by atoms with van der Waals surface area (Å²) in [6.45, 7) is 1.63. The normalized spacial score (nSPS) is 10.6. The van der Waals surface area contributed by atoms with E-state index in [1.807, 2.05) is 60.7 Å². The van der Waals surface area contributed by atoms with E-state index in [0.717, 1.165) is 22.3 Å². The van der Waals surface area contributed by atoms with Crippen molar-refractivity contribution >= 4 is 17.5 Å². The molecule has 27 heavy (non-hydrogen) atoms. The standard InChI is InChI=1S/C23H22ClNO2/c24-22-11-9-18(10-12-22)14-23(26)25-15-20-7-4-8-21(13-20)17-27-16-19-5-2-1-3-6-19/h1-13H,14-17H2,(H,25,26). The van der Waals surface area contributed by atoms with Crippen LogP contribution in [0.4, 0.5) is 0 Å². The smallest absolute Gasteiger partial charge is 0.224 e. The lowest BCUT2D eigenvalue weighted by molar-refractivity contribution is -0.120. The highest BCUT2D eigenvalue weighted by Gasteiger charge is 2.04. The predicted octanol–water partition coefficient (Wildman–Crippen LogP) is 4.92. The Morgan fingerprint density at radius 1 is 0.778 bits per heavy atom. The summed E-state index contributed by atoms with van der Waals surface area (Å²) in [5.74, 6) is -0.0111. The molecular formula is C23H22ClNO2. The van der Waals surface area contributed by atoms with Crippen LogP contribution in [0.25, 0.3) is 0 Å². The Hall–Kier alpha value is -2.62. The molecular weight excluding hydrogens is 358 g/mol. The molecule has 0 atom stereocenters. The van der Waals surface area contributed by atoms with Crippen LogP contribution in [0.3, 0.4) is 0 Å². The summed E-state index contributed by atoms with van der Waals surface area (Å²) in [4.78, 5) is 12.1. The van der Waals surface area contributed by atoms with Gasteiger partial charge in [-0.2, -0.15) is 0 Å². The van der Waals surface area contributed by atoms with Gasteiger partial charge in [0, 0.05) is 11.6 Å². The van der Waals surface area contributed by atoms with Gasteiger partial charge in [-0.3, -0.25) is 4.79 Å². The van der Waals surface area contributed by atoms with Crippen molar-refractivity contribution in [2.75, 3.05) is 0 Å². The second kappa shape index (κ2) is 9.91. The van der Waals surface area contributed by atoms with Gasteiger partial charge < -0.3 is 10.1 Å². The van der Waals surface area contributed by atoms with Crippen molar-refractivity contribution in [3.05, 3.63) is 106 Å². The molecule has 138 valence electrons. The molecule has 0 saturated heterocycles. The van der Waals surface area contributed by atoms with Gasteiger partial charge in [0.25, 0.3) is 0 Å². The number of hydrogen-bond donors (Lipinski definition) is 1. The molecule has 3 aromatic carbocycles. The molecule has 0 aliphatic heterocycles. The van der Waals surface area contributed by atoms with Gasteiger partial charge in [-0.25, -0.2) is 0 Å². The Kier molecular flexibility index (Phi) is 7.03. The van der Waals surface area contributed by atoms with Gasteiger partial charge in [0.2, 0.25) is 5.91 Å². The van der Waals surface area contributed by atoms with Crippen LogP contribution in [0, 0.1) is 0 Å². The van der Waals surface area contributed by atoms with Gasteiger partial charge in [0.15, 0.2) is 0 Å². The van der Waals surface area contributed by atoms with Crippen molar-refractivity contribution in [2.45, 2.75) is 26.2 Å². The third kappa shape index (κ3) is 6.55. The van der Waals surface area contributed by atoms with Gasteiger partial charge in [-0.05, 0) is 34.4 Å². The van der Waals surface area contributed by atoms with E-state index in [2.05, 4.69) is 11.4 Å². The average Bonchev–Trinajstić information content (AvgIpc) is 2.69. The summed E-state index contributed by atoms with van der Waals surface area (Å²) in [6.07, 6.45) is 0.344. The molecule has 0 heterocycles. The van der Waals surface area contributed by atoms with Gasteiger partial charge in [0.1, 0.15) is 0 Å². The van der Waals surface area contributed by atoms with Gasteiger partial charge in [-0.15, -0.1) is 0 Å². The predicted molar refractivity (Wildman–Crippen MR) is 108 cm³/mol. The van der Waals surface area contributed by atoms with Crippen molar-refractivity contribution in [1.29, 1.82) is 0 Å². The highest BCUT2D eigenvalue weighted by atomic mass is 35.5. The van der Waals surface area contributed by atoms with Crippen molar-refractivity contribution in [3.63, 3.8) is 0 Å². The van der Waals surface area contributed by atoms with Crippen molar-refractivity contribution in [3.8, 4) is 0 Å². The van der Waals surface area contributed by atoms with E-state index < -0.39 is 0 Å². The summed E-state index contributed by atoms with van der Waals surface area (Å²) >= 11 is 5.86. The second-order valence-corrected chi connectivity index (χ2v) is 6.81. The highest BCUT2D eigenvalue weighted by Crippen LogP contribution is 2.11. The van der Waals surface area contributed by atoms with Crippen LogP contribution >= 0.6 is 11.6 Å². The largest absolute Gasteiger partial charge is 0.372 e. The maximum atomic E-state index is 12.1. The third-order valence-corrected chi connectivity index (χ3v) is 4.39. The van der Waals surface area contributed by atoms with E-state index in [0.29, 0.717) is 31.2 Å². The molecule has 0 radical (unpaired) electrons. The highest BCUT2D eigenvalue weighted by molar-refractivity contribution is 6.30. The van der Waals surface area contributed by atoms with Crippen LogP contribution in [0.1, 0.15) is 22.3 Å². The van der Waals surface area contributed by atoms with E-state index in [4.69, 9.17) is 16.3 Å². The van der Waals surface area contributed by atoms with E-state index in [-0.39, 0.29) is 5.91 Å². The summed E-state index contributed by atoms with van der Waals surface area (Å²) in [5, 5.41) is 3.63. The van der Waals surface area contributed by atoms with Gasteiger partial charge in [-0.1, -0.05) is 78.3 Å². The lowest BCUT2D eigenvalue weighted by Crippen LogP contribution is -2.24. The van der Waals surface area contributed by atoms with Crippen LogP contribution in [-0.4, -0.2) is 5.91 Å². The zero-order chi connectivity index (χ0) is 18.9. The van der Waals surface area contributed by atoms with E-state index in [1.54, 1.807) is 12.1 Å². The Morgan fingerprint density at radius 2 is 1.44 bits per heavy atom. The summed E-state index contributed by atoms with van der Waals surface area (Å²) < 4.78 is 5.78. The maximum Gasteiger partial charge on any atom is 0.224 e. The lowest BCUT2D eigenvalue weighted by Gasteiger charge is -2.09. The molecule has 3 aromatic rings. The zero-order valence-corrected chi connectivity index (χ0v) is 15.8. The maximum absolute atomic E-state index is 12.1. The summed E-state index contributed by atoms with van der Waals surface area (Å²) in [5.41, 5.74) is 4.25. The molecule has 0 spiro atoms. The van der Waals surface area contributed by atoms with Crippen LogP contribution in [0.5, 0.6) is 0 Å². The fourth-order valence-corrected chi connectivity index (χ4v) is 2.87. The van der Waals surface area contributed by atoms with Crippen LogP contribution in [0.15, 0.2) is 78.9 Å². The number of nitrogens with one attached hydrogen (secondary N) is 1. The third-order valence-electron chi connectivity index (χ3n) is 4.14. The molecule has 4 heteroatoms. The van der Waals surface area contributed by atoms with Gasteiger partial charge >= 0.3 is 0 Å².